The van der Waals surface area contributed by atoms with Gasteiger partial charge in [-0.3, -0.25) is 9.69 Å². The summed E-state index contributed by atoms with van der Waals surface area (Å²) in [4.78, 5) is 13.9. The van der Waals surface area contributed by atoms with Crippen LogP contribution < -0.4 is 0 Å². The fraction of sp³-hybridized carbons (Fsp3) is 0.929. The van der Waals surface area contributed by atoms with Crippen LogP contribution in [-0.4, -0.2) is 35.1 Å². The van der Waals surface area contributed by atoms with Crippen LogP contribution in [0.15, 0.2) is 0 Å². The number of nitrogens with zero attached hydrogens (tertiary/aromatic N) is 1. The average molecular weight is 239 g/mol. The molecule has 1 heterocycles. The molecule has 3 nitrogen and oxygen atoms in total. The molecule has 2 rings (SSSR count). The Morgan fingerprint density at radius 1 is 1.24 bits per heavy atom. The molecule has 3 atom stereocenters. The second-order valence-electron chi connectivity index (χ2n) is 6.70. The van der Waals surface area contributed by atoms with Gasteiger partial charge in [-0.05, 0) is 30.1 Å². The van der Waals surface area contributed by atoms with Gasteiger partial charge in [0.25, 0.3) is 0 Å². The first-order chi connectivity index (χ1) is 7.84. The van der Waals surface area contributed by atoms with Crippen LogP contribution in [0.3, 0.4) is 0 Å². The van der Waals surface area contributed by atoms with Crippen LogP contribution in [-0.2, 0) is 4.79 Å². The highest BCUT2D eigenvalue weighted by molar-refractivity contribution is 5.71. The highest BCUT2D eigenvalue weighted by Gasteiger charge is 2.48. The van der Waals surface area contributed by atoms with E-state index in [0.29, 0.717) is 12.0 Å². The molecule has 1 aliphatic carbocycles. The zero-order valence-electron chi connectivity index (χ0n) is 11.4. The van der Waals surface area contributed by atoms with E-state index in [1.807, 2.05) is 0 Å². The van der Waals surface area contributed by atoms with Gasteiger partial charge in [0.05, 0.1) is 5.92 Å². The van der Waals surface area contributed by atoms with Crippen molar-refractivity contribution in [1.82, 2.24) is 4.90 Å². The quantitative estimate of drug-likeness (QED) is 0.804. The number of likely N-dealkylation sites (tertiary alicyclic amines) is 1. The number of carboxylic acid groups (broad SMARTS) is 1. The van der Waals surface area contributed by atoms with Crippen molar-refractivity contribution in [3.05, 3.63) is 0 Å². The lowest BCUT2D eigenvalue weighted by Crippen LogP contribution is -2.58. The first-order valence-corrected chi connectivity index (χ1v) is 6.81. The van der Waals surface area contributed by atoms with Crippen LogP contribution in [0.1, 0.15) is 40.5 Å². The molecule has 17 heavy (non-hydrogen) atoms. The Morgan fingerprint density at radius 2 is 1.82 bits per heavy atom. The normalized spacial score (nSPS) is 38.7. The Bertz CT molecular complexity index is 307. The highest BCUT2D eigenvalue weighted by Crippen LogP contribution is 2.47. The van der Waals surface area contributed by atoms with Crippen LogP contribution in [0.25, 0.3) is 0 Å². The molecule has 0 spiro atoms. The third-order valence-electron chi connectivity index (χ3n) is 5.26. The summed E-state index contributed by atoms with van der Waals surface area (Å²) in [7, 11) is 0. The minimum atomic E-state index is -0.614. The molecule has 1 N–H and O–H groups in total. The molecular weight excluding hydrogens is 214 g/mol. The fourth-order valence-corrected chi connectivity index (χ4v) is 3.73. The Labute approximate surface area is 104 Å². The number of hydrogen-bond acceptors (Lipinski definition) is 2. The van der Waals surface area contributed by atoms with Gasteiger partial charge in [0.15, 0.2) is 0 Å². The van der Waals surface area contributed by atoms with E-state index in [0.717, 1.165) is 18.8 Å². The lowest BCUT2D eigenvalue weighted by Gasteiger charge is -2.53. The van der Waals surface area contributed by atoms with Gasteiger partial charge in [0.2, 0.25) is 0 Å². The molecule has 0 bridgehead atoms. The monoisotopic (exact) mass is 239 g/mol. The van der Waals surface area contributed by atoms with Crippen molar-refractivity contribution >= 4 is 5.97 Å². The molecule has 0 amide bonds. The van der Waals surface area contributed by atoms with Gasteiger partial charge in [-0.1, -0.05) is 27.7 Å². The van der Waals surface area contributed by atoms with E-state index in [-0.39, 0.29) is 11.3 Å². The van der Waals surface area contributed by atoms with Gasteiger partial charge < -0.3 is 5.11 Å². The predicted molar refractivity (Wildman–Crippen MR) is 67.8 cm³/mol. The number of aliphatic carboxylic acids is 1. The Morgan fingerprint density at radius 3 is 2.29 bits per heavy atom. The molecule has 0 aromatic rings. The number of carbonyl (C=O) groups is 1. The zero-order valence-corrected chi connectivity index (χ0v) is 11.4. The van der Waals surface area contributed by atoms with E-state index >= 15 is 0 Å². The van der Waals surface area contributed by atoms with Crippen molar-refractivity contribution in [2.75, 3.05) is 13.1 Å². The summed E-state index contributed by atoms with van der Waals surface area (Å²) < 4.78 is 0. The maximum atomic E-state index is 11.3. The number of hydrogen-bond donors (Lipinski definition) is 1. The van der Waals surface area contributed by atoms with E-state index in [2.05, 4.69) is 32.6 Å². The third-order valence-corrected chi connectivity index (χ3v) is 5.26. The molecule has 1 saturated carbocycles. The summed E-state index contributed by atoms with van der Waals surface area (Å²) in [6, 6.07) is 0.594. The molecule has 2 fully saturated rings. The van der Waals surface area contributed by atoms with Gasteiger partial charge in [0.1, 0.15) is 0 Å². The molecule has 3 heteroatoms. The number of rotatable bonds is 2. The van der Waals surface area contributed by atoms with E-state index in [4.69, 9.17) is 0 Å². The van der Waals surface area contributed by atoms with Crippen LogP contribution in [0.2, 0.25) is 0 Å². The van der Waals surface area contributed by atoms with E-state index < -0.39 is 5.97 Å². The molecule has 1 aliphatic heterocycles. The topological polar surface area (TPSA) is 40.5 Å². The van der Waals surface area contributed by atoms with E-state index in [1.165, 1.54) is 13.1 Å². The average Bonchev–Trinajstić information content (AvgIpc) is 2.17. The van der Waals surface area contributed by atoms with Crippen molar-refractivity contribution in [2.45, 2.75) is 46.6 Å². The fourth-order valence-electron chi connectivity index (χ4n) is 3.73. The predicted octanol–water partition coefficient (Wildman–Crippen LogP) is 2.46. The molecule has 0 aromatic carbocycles. The Balaban J connectivity index is 2.08. The van der Waals surface area contributed by atoms with Crippen molar-refractivity contribution in [1.29, 1.82) is 0 Å². The second kappa shape index (κ2) is 4.27. The van der Waals surface area contributed by atoms with E-state index in [1.54, 1.807) is 0 Å². The van der Waals surface area contributed by atoms with Crippen molar-refractivity contribution in [3.8, 4) is 0 Å². The van der Waals surface area contributed by atoms with Gasteiger partial charge in [-0.2, -0.15) is 0 Å². The molecule has 3 unspecified atom stereocenters. The van der Waals surface area contributed by atoms with Crippen LogP contribution in [0.4, 0.5) is 0 Å². The summed E-state index contributed by atoms with van der Waals surface area (Å²) in [6.45, 7) is 11.2. The Kier molecular flexibility index (Phi) is 3.23. The van der Waals surface area contributed by atoms with Gasteiger partial charge in [-0.25, -0.2) is 0 Å². The molecule has 0 aromatic heterocycles. The summed E-state index contributed by atoms with van der Waals surface area (Å²) in [6.07, 6.45) is 1.89. The smallest absolute Gasteiger partial charge is 0.307 e. The molecule has 0 radical (unpaired) electrons. The summed E-state index contributed by atoms with van der Waals surface area (Å²) in [5.74, 6) is 0.497. The summed E-state index contributed by atoms with van der Waals surface area (Å²) >= 11 is 0. The highest BCUT2D eigenvalue weighted by atomic mass is 16.4. The van der Waals surface area contributed by atoms with Gasteiger partial charge in [-0.15, -0.1) is 0 Å². The number of carboxylic acids is 1. The maximum Gasteiger partial charge on any atom is 0.307 e. The summed E-state index contributed by atoms with van der Waals surface area (Å²) in [5.41, 5.74) is -0.0897. The Hall–Kier alpha value is -0.570. The summed E-state index contributed by atoms with van der Waals surface area (Å²) in [5, 5.41) is 9.32. The van der Waals surface area contributed by atoms with Crippen LogP contribution >= 0.6 is 0 Å². The third kappa shape index (κ3) is 2.10. The minimum absolute atomic E-state index is 0.0897. The molecule has 1 saturated heterocycles. The van der Waals surface area contributed by atoms with Crippen molar-refractivity contribution in [2.24, 2.45) is 23.2 Å². The lowest BCUT2D eigenvalue weighted by atomic mass is 9.60. The first kappa shape index (κ1) is 12.9. The zero-order chi connectivity index (χ0) is 12.8. The lowest BCUT2D eigenvalue weighted by molar-refractivity contribution is -0.153. The van der Waals surface area contributed by atoms with Crippen LogP contribution in [0.5, 0.6) is 0 Å². The van der Waals surface area contributed by atoms with Crippen LogP contribution in [0, 0.1) is 23.2 Å². The van der Waals surface area contributed by atoms with Gasteiger partial charge >= 0.3 is 5.97 Å². The first-order valence-electron chi connectivity index (χ1n) is 6.81. The van der Waals surface area contributed by atoms with Crippen molar-refractivity contribution in [3.63, 3.8) is 0 Å². The second-order valence-corrected chi connectivity index (χ2v) is 6.70. The minimum Gasteiger partial charge on any atom is -0.481 e. The molecular formula is C14H25NO2. The molecule has 2 aliphatic rings. The van der Waals surface area contributed by atoms with Crippen molar-refractivity contribution < 1.29 is 9.90 Å². The largest absolute Gasteiger partial charge is 0.481 e. The maximum absolute atomic E-state index is 11.3. The molecule has 98 valence electrons. The van der Waals surface area contributed by atoms with E-state index in [9.17, 15) is 9.90 Å². The van der Waals surface area contributed by atoms with Gasteiger partial charge in [0, 0.05) is 19.1 Å². The SMILES string of the molecule is CC1CN(C2CCC(C(=O)O)C(C)(C)C2C)C1. The standard InChI is InChI=1S/C14H25NO2/c1-9-7-15(8-9)12-6-5-11(13(16)17)14(3,4)10(12)2/h9-12H,5-8H2,1-4H3,(H,16,17).